The number of hydrogen-bond acceptors (Lipinski definition) is 4. The lowest BCUT2D eigenvalue weighted by atomic mass is 9.96. The van der Waals surface area contributed by atoms with Gasteiger partial charge in [-0.2, -0.15) is 0 Å². The Morgan fingerprint density at radius 2 is 2.20 bits per heavy atom. The van der Waals surface area contributed by atoms with E-state index in [2.05, 4.69) is 60.2 Å². The summed E-state index contributed by atoms with van der Waals surface area (Å²) in [5.41, 5.74) is 1.13. The Morgan fingerprint density at radius 1 is 1.40 bits per heavy atom. The molecule has 2 aromatic heterocycles. The third-order valence-electron chi connectivity index (χ3n) is 3.45. The molecule has 0 amide bonds. The van der Waals surface area contributed by atoms with E-state index in [1.165, 1.54) is 0 Å². The lowest BCUT2D eigenvalue weighted by Gasteiger charge is -2.30. The first kappa shape index (κ1) is 15.5. The highest BCUT2D eigenvalue weighted by molar-refractivity contribution is 7.15. The van der Waals surface area contributed by atoms with Gasteiger partial charge in [0.15, 0.2) is 4.96 Å². The Morgan fingerprint density at radius 3 is 2.80 bits per heavy atom. The zero-order valence-corrected chi connectivity index (χ0v) is 13.6. The number of nitrogens with one attached hydrogen (secondary N) is 1. The molecule has 112 valence electrons. The minimum absolute atomic E-state index is 0.222. The van der Waals surface area contributed by atoms with Crippen molar-refractivity contribution in [2.24, 2.45) is 5.92 Å². The van der Waals surface area contributed by atoms with Gasteiger partial charge in [0.05, 0.1) is 11.8 Å². The topological polar surface area (TPSA) is 38.6 Å². The first-order valence-corrected chi connectivity index (χ1v) is 8.29. The van der Waals surface area contributed by atoms with E-state index >= 15 is 0 Å². The monoisotopic (exact) mass is 295 g/mol. The second-order valence-corrected chi connectivity index (χ2v) is 6.23. The van der Waals surface area contributed by atoms with Crippen LogP contribution in [0, 0.1) is 5.92 Å². The zero-order chi connectivity index (χ0) is 14.5. The number of aromatic nitrogens is 2. The van der Waals surface area contributed by atoms with E-state index in [4.69, 9.17) is 4.74 Å². The molecule has 0 saturated carbocycles. The maximum atomic E-state index is 5.95. The van der Waals surface area contributed by atoms with Crippen LogP contribution in [0.3, 0.4) is 0 Å². The van der Waals surface area contributed by atoms with Crippen molar-refractivity contribution in [3.05, 3.63) is 23.5 Å². The van der Waals surface area contributed by atoms with Crippen LogP contribution in [0.4, 0.5) is 0 Å². The van der Waals surface area contributed by atoms with E-state index in [0.717, 1.165) is 30.2 Å². The molecule has 5 heteroatoms. The van der Waals surface area contributed by atoms with Gasteiger partial charge in [-0.25, -0.2) is 4.98 Å². The molecule has 2 rings (SSSR count). The molecule has 0 spiro atoms. The van der Waals surface area contributed by atoms with E-state index in [1.54, 1.807) is 11.3 Å². The first-order chi connectivity index (χ1) is 9.65. The molecule has 2 heterocycles. The quantitative estimate of drug-likeness (QED) is 0.813. The van der Waals surface area contributed by atoms with Crippen molar-refractivity contribution in [3.8, 4) is 0 Å². The van der Waals surface area contributed by atoms with Crippen LogP contribution < -0.4 is 5.32 Å². The molecule has 2 aromatic rings. The fraction of sp³-hybridized carbons (Fsp3) is 0.667. The van der Waals surface area contributed by atoms with Crippen molar-refractivity contribution in [2.45, 2.75) is 46.3 Å². The van der Waals surface area contributed by atoms with E-state index < -0.39 is 0 Å². The number of imidazole rings is 1. The highest BCUT2D eigenvalue weighted by Crippen LogP contribution is 2.17. The fourth-order valence-corrected chi connectivity index (χ4v) is 3.35. The van der Waals surface area contributed by atoms with Gasteiger partial charge in [-0.1, -0.05) is 20.8 Å². The molecular formula is C15H25N3OS. The zero-order valence-electron chi connectivity index (χ0n) is 12.8. The van der Waals surface area contributed by atoms with E-state index in [1.807, 2.05) is 0 Å². The van der Waals surface area contributed by atoms with Gasteiger partial charge in [0.2, 0.25) is 0 Å². The number of hydrogen-bond donors (Lipinski definition) is 1. The van der Waals surface area contributed by atoms with Crippen LogP contribution in [-0.2, 0) is 11.2 Å². The molecule has 0 aliphatic rings. The van der Waals surface area contributed by atoms with Crippen molar-refractivity contribution in [3.63, 3.8) is 0 Å². The third-order valence-corrected chi connectivity index (χ3v) is 4.22. The van der Waals surface area contributed by atoms with Crippen LogP contribution in [-0.4, -0.2) is 34.7 Å². The molecule has 4 nitrogen and oxygen atoms in total. The Bertz CT molecular complexity index is 491. The van der Waals surface area contributed by atoms with Gasteiger partial charge in [-0.05, 0) is 19.4 Å². The van der Waals surface area contributed by atoms with Gasteiger partial charge in [0.1, 0.15) is 0 Å². The maximum absolute atomic E-state index is 5.95. The molecule has 0 saturated heterocycles. The Labute approximate surface area is 125 Å². The number of nitrogens with zero attached hydrogens (tertiary/aromatic N) is 2. The largest absolute Gasteiger partial charge is 0.377 e. The van der Waals surface area contributed by atoms with Crippen LogP contribution in [0.25, 0.3) is 4.96 Å². The van der Waals surface area contributed by atoms with Gasteiger partial charge in [0.25, 0.3) is 0 Å². The summed E-state index contributed by atoms with van der Waals surface area (Å²) in [5.74, 6) is 0.489. The molecule has 1 N–H and O–H groups in total. The van der Waals surface area contributed by atoms with Crippen molar-refractivity contribution < 1.29 is 4.74 Å². The van der Waals surface area contributed by atoms with Crippen molar-refractivity contribution in [1.82, 2.24) is 14.7 Å². The minimum atomic E-state index is 0.222. The maximum Gasteiger partial charge on any atom is 0.193 e. The molecule has 0 aliphatic heterocycles. The van der Waals surface area contributed by atoms with Gasteiger partial charge in [0, 0.05) is 36.8 Å². The average molecular weight is 295 g/mol. The van der Waals surface area contributed by atoms with Crippen LogP contribution >= 0.6 is 11.3 Å². The summed E-state index contributed by atoms with van der Waals surface area (Å²) in [7, 11) is 0. The fourth-order valence-electron chi connectivity index (χ4n) is 2.63. The SMILES string of the molecule is CCNC(Cc1cn2ccsc2n1)C(OCC)C(C)C. The second-order valence-electron chi connectivity index (χ2n) is 5.36. The third kappa shape index (κ3) is 3.59. The highest BCUT2D eigenvalue weighted by Gasteiger charge is 2.25. The summed E-state index contributed by atoms with van der Waals surface area (Å²) in [6.45, 7) is 10.3. The number of thiazole rings is 1. The molecule has 20 heavy (non-hydrogen) atoms. The Hall–Kier alpha value is -0.910. The molecule has 0 aromatic carbocycles. The van der Waals surface area contributed by atoms with Crippen molar-refractivity contribution in [2.75, 3.05) is 13.2 Å². The molecular weight excluding hydrogens is 270 g/mol. The predicted molar refractivity (Wildman–Crippen MR) is 84.5 cm³/mol. The minimum Gasteiger partial charge on any atom is -0.377 e. The summed E-state index contributed by atoms with van der Waals surface area (Å²) in [4.78, 5) is 5.75. The molecule has 2 unspecified atom stereocenters. The molecule has 0 bridgehead atoms. The number of ether oxygens (including phenoxy) is 1. The first-order valence-electron chi connectivity index (χ1n) is 7.41. The number of likely N-dealkylation sites (N-methyl/N-ethyl adjacent to an activating group) is 1. The molecule has 2 atom stereocenters. The standard InChI is InChI=1S/C15H25N3OS/c1-5-16-13(14(11(3)4)19-6-2)9-12-10-18-7-8-20-15(18)17-12/h7-8,10-11,13-14,16H,5-6,9H2,1-4H3. The summed E-state index contributed by atoms with van der Waals surface area (Å²) >= 11 is 1.67. The molecule has 0 aliphatic carbocycles. The van der Waals surface area contributed by atoms with E-state index in [-0.39, 0.29) is 6.10 Å². The molecule has 0 radical (unpaired) electrons. The average Bonchev–Trinajstić information content (AvgIpc) is 2.96. The summed E-state index contributed by atoms with van der Waals surface area (Å²) in [6, 6.07) is 0.310. The Balaban J connectivity index is 2.12. The van der Waals surface area contributed by atoms with Crippen LogP contribution in [0.2, 0.25) is 0 Å². The van der Waals surface area contributed by atoms with Gasteiger partial charge in [-0.15, -0.1) is 11.3 Å². The summed E-state index contributed by atoms with van der Waals surface area (Å²) < 4.78 is 8.04. The number of fused-ring (bicyclic) bond motifs is 1. The van der Waals surface area contributed by atoms with Crippen LogP contribution in [0.1, 0.15) is 33.4 Å². The smallest absolute Gasteiger partial charge is 0.193 e. The van der Waals surface area contributed by atoms with E-state index in [0.29, 0.717) is 12.0 Å². The number of rotatable bonds is 8. The van der Waals surface area contributed by atoms with Crippen LogP contribution in [0.15, 0.2) is 17.8 Å². The lowest BCUT2D eigenvalue weighted by molar-refractivity contribution is 0.00377. The second kappa shape index (κ2) is 7.20. The summed E-state index contributed by atoms with van der Waals surface area (Å²) in [5, 5.41) is 5.62. The normalized spacial score (nSPS) is 15.1. The van der Waals surface area contributed by atoms with Crippen LogP contribution in [0.5, 0.6) is 0 Å². The van der Waals surface area contributed by atoms with Gasteiger partial charge >= 0.3 is 0 Å². The van der Waals surface area contributed by atoms with E-state index in [9.17, 15) is 0 Å². The lowest BCUT2D eigenvalue weighted by Crippen LogP contribution is -2.45. The van der Waals surface area contributed by atoms with Crippen molar-refractivity contribution in [1.29, 1.82) is 0 Å². The highest BCUT2D eigenvalue weighted by atomic mass is 32.1. The summed E-state index contributed by atoms with van der Waals surface area (Å²) in [6.07, 6.45) is 5.31. The van der Waals surface area contributed by atoms with Crippen molar-refractivity contribution >= 4 is 16.3 Å². The van der Waals surface area contributed by atoms with Gasteiger partial charge < -0.3 is 10.1 Å². The Kier molecular flexibility index (Phi) is 5.57. The predicted octanol–water partition coefficient (Wildman–Crippen LogP) is 2.98. The van der Waals surface area contributed by atoms with Gasteiger partial charge in [-0.3, -0.25) is 4.40 Å². The molecule has 0 fully saturated rings.